The number of hydrogen-bond acceptors (Lipinski definition) is 2. The van der Waals surface area contributed by atoms with Gasteiger partial charge >= 0.3 is 0 Å². The standard InChI is InChI=1S/C12H14ClNO/c1-3-4-11(14)12(15)9-6-5-8(2)10(13)7-9/h3,5-7,11H,1,4,14H2,2H3. The van der Waals surface area contributed by atoms with Crippen LogP contribution >= 0.6 is 11.6 Å². The average molecular weight is 224 g/mol. The zero-order chi connectivity index (χ0) is 11.4. The second-order valence-corrected chi connectivity index (χ2v) is 3.87. The summed E-state index contributed by atoms with van der Waals surface area (Å²) in [5, 5.41) is 0.589. The smallest absolute Gasteiger partial charge is 0.179 e. The topological polar surface area (TPSA) is 43.1 Å². The number of aryl methyl sites for hydroxylation is 1. The molecule has 0 aliphatic carbocycles. The maximum Gasteiger partial charge on any atom is 0.179 e. The molecular weight excluding hydrogens is 210 g/mol. The first-order chi connectivity index (χ1) is 7.06. The quantitative estimate of drug-likeness (QED) is 0.630. The summed E-state index contributed by atoms with van der Waals surface area (Å²) in [4.78, 5) is 11.8. The molecule has 0 aromatic heterocycles. The second kappa shape index (κ2) is 5.10. The Morgan fingerprint density at radius 3 is 2.87 bits per heavy atom. The third-order valence-electron chi connectivity index (χ3n) is 2.21. The second-order valence-electron chi connectivity index (χ2n) is 3.46. The minimum atomic E-state index is -0.527. The van der Waals surface area contributed by atoms with Gasteiger partial charge in [-0.25, -0.2) is 0 Å². The van der Waals surface area contributed by atoms with Crippen LogP contribution in [-0.2, 0) is 0 Å². The largest absolute Gasteiger partial charge is 0.321 e. The number of benzene rings is 1. The van der Waals surface area contributed by atoms with Gasteiger partial charge in [0.1, 0.15) is 0 Å². The summed E-state index contributed by atoms with van der Waals surface area (Å²) in [6.07, 6.45) is 2.11. The highest BCUT2D eigenvalue weighted by Gasteiger charge is 2.14. The van der Waals surface area contributed by atoms with E-state index in [9.17, 15) is 4.79 Å². The lowest BCUT2D eigenvalue weighted by molar-refractivity contribution is 0.0962. The zero-order valence-corrected chi connectivity index (χ0v) is 9.42. The van der Waals surface area contributed by atoms with Crippen molar-refractivity contribution in [1.82, 2.24) is 0 Å². The van der Waals surface area contributed by atoms with E-state index < -0.39 is 6.04 Å². The monoisotopic (exact) mass is 223 g/mol. The zero-order valence-electron chi connectivity index (χ0n) is 8.66. The summed E-state index contributed by atoms with van der Waals surface area (Å²) in [6.45, 7) is 5.44. The van der Waals surface area contributed by atoms with Crippen molar-refractivity contribution in [2.24, 2.45) is 5.73 Å². The van der Waals surface area contributed by atoms with Crippen molar-refractivity contribution in [3.05, 3.63) is 47.0 Å². The van der Waals surface area contributed by atoms with E-state index in [4.69, 9.17) is 17.3 Å². The molecule has 1 aromatic carbocycles. The molecule has 0 saturated heterocycles. The van der Waals surface area contributed by atoms with Crippen molar-refractivity contribution >= 4 is 17.4 Å². The molecule has 15 heavy (non-hydrogen) atoms. The Morgan fingerprint density at radius 2 is 2.33 bits per heavy atom. The van der Waals surface area contributed by atoms with E-state index in [0.717, 1.165) is 5.56 Å². The minimum Gasteiger partial charge on any atom is -0.321 e. The SMILES string of the molecule is C=CCC(N)C(=O)c1ccc(C)c(Cl)c1. The first-order valence-corrected chi connectivity index (χ1v) is 5.11. The molecule has 0 aliphatic heterocycles. The Hall–Kier alpha value is -1.12. The van der Waals surface area contributed by atoms with E-state index in [0.29, 0.717) is 17.0 Å². The van der Waals surface area contributed by atoms with Crippen LogP contribution in [0, 0.1) is 6.92 Å². The van der Waals surface area contributed by atoms with Gasteiger partial charge in [-0.15, -0.1) is 6.58 Å². The molecule has 1 aromatic rings. The lowest BCUT2D eigenvalue weighted by Crippen LogP contribution is -2.29. The Morgan fingerprint density at radius 1 is 1.67 bits per heavy atom. The predicted molar refractivity (Wildman–Crippen MR) is 63.3 cm³/mol. The lowest BCUT2D eigenvalue weighted by Gasteiger charge is -2.08. The third kappa shape index (κ3) is 2.91. The third-order valence-corrected chi connectivity index (χ3v) is 2.62. The van der Waals surface area contributed by atoms with Crippen LogP contribution < -0.4 is 5.73 Å². The summed E-state index contributed by atoms with van der Waals surface area (Å²) in [6, 6.07) is 4.69. The highest BCUT2D eigenvalue weighted by atomic mass is 35.5. The Labute approximate surface area is 94.7 Å². The molecule has 0 heterocycles. The number of nitrogens with two attached hydrogens (primary N) is 1. The van der Waals surface area contributed by atoms with Crippen LogP contribution in [0.3, 0.4) is 0 Å². The Balaban J connectivity index is 2.91. The summed E-state index contributed by atoms with van der Waals surface area (Å²) in [7, 11) is 0. The summed E-state index contributed by atoms with van der Waals surface area (Å²) in [5.74, 6) is -0.100. The molecule has 3 heteroatoms. The molecule has 2 N–H and O–H groups in total. The van der Waals surface area contributed by atoms with E-state index in [1.807, 2.05) is 13.0 Å². The van der Waals surface area contributed by atoms with E-state index in [1.165, 1.54) is 0 Å². The fourth-order valence-corrected chi connectivity index (χ4v) is 1.43. The van der Waals surface area contributed by atoms with Gasteiger partial charge < -0.3 is 5.73 Å². The summed E-state index contributed by atoms with van der Waals surface area (Å²) in [5.41, 5.74) is 7.19. The van der Waals surface area contributed by atoms with Crippen LogP contribution in [0.4, 0.5) is 0 Å². The van der Waals surface area contributed by atoms with E-state index >= 15 is 0 Å². The average Bonchev–Trinajstić information content (AvgIpc) is 2.21. The summed E-state index contributed by atoms with van der Waals surface area (Å²) < 4.78 is 0. The molecule has 0 radical (unpaired) electrons. The minimum absolute atomic E-state index is 0.100. The fourth-order valence-electron chi connectivity index (χ4n) is 1.25. The van der Waals surface area contributed by atoms with Crippen molar-refractivity contribution in [2.45, 2.75) is 19.4 Å². The number of Topliss-reactive ketones (excluding diaryl/α,β-unsaturated/α-hetero) is 1. The van der Waals surface area contributed by atoms with Crippen LogP contribution in [0.25, 0.3) is 0 Å². The molecular formula is C12H14ClNO. The van der Waals surface area contributed by atoms with Crippen molar-refractivity contribution < 1.29 is 4.79 Å². The van der Waals surface area contributed by atoms with E-state index in [1.54, 1.807) is 18.2 Å². The van der Waals surface area contributed by atoms with Gasteiger partial charge in [-0.1, -0.05) is 29.8 Å². The van der Waals surface area contributed by atoms with Gasteiger partial charge in [0.2, 0.25) is 0 Å². The predicted octanol–water partition coefficient (Wildman–Crippen LogP) is 2.73. The van der Waals surface area contributed by atoms with Gasteiger partial charge in [0.15, 0.2) is 5.78 Å². The molecule has 0 fully saturated rings. The first kappa shape index (κ1) is 12.0. The maximum absolute atomic E-state index is 11.8. The van der Waals surface area contributed by atoms with Crippen LogP contribution in [0.1, 0.15) is 22.3 Å². The molecule has 2 nitrogen and oxygen atoms in total. The van der Waals surface area contributed by atoms with Crippen molar-refractivity contribution in [3.8, 4) is 0 Å². The normalized spacial score (nSPS) is 12.2. The van der Waals surface area contributed by atoms with Gasteiger partial charge in [-0.05, 0) is 25.0 Å². The highest BCUT2D eigenvalue weighted by Crippen LogP contribution is 2.17. The Kier molecular flexibility index (Phi) is 4.06. The van der Waals surface area contributed by atoms with Crippen LogP contribution in [-0.4, -0.2) is 11.8 Å². The van der Waals surface area contributed by atoms with Crippen molar-refractivity contribution in [1.29, 1.82) is 0 Å². The van der Waals surface area contributed by atoms with Gasteiger partial charge in [0, 0.05) is 10.6 Å². The molecule has 0 aliphatic rings. The van der Waals surface area contributed by atoms with Gasteiger partial charge in [0.25, 0.3) is 0 Å². The maximum atomic E-state index is 11.8. The fraction of sp³-hybridized carbons (Fsp3) is 0.250. The number of carbonyl (C=O) groups is 1. The number of rotatable bonds is 4. The molecule has 0 bridgehead atoms. The van der Waals surface area contributed by atoms with Crippen molar-refractivity contribution in [2.75, 3.05) is 0 Å². The van der Waals surface area contributed by atoms with E-state index in [2.05, 4.69) is 6.58 Å². The molecule has 1 rings (SSSR count). The molecule has 0 spiro atoms. The Bertz CT molecular complexity index is 387. The summed E-state index contributed by atoms with van der Waals surface area (Å²) >= 11 is 5.93. The number of hydrogen-bond donors (Lipinski definition) is 1. The molecule has 1 atom stereocenters. The van der Waals surface area contributed by atoms with Gasteiger partial charge in [-0.3, -0.25) is 4.79 Å². The van der Waals surface area contributed by atoms with Gasteiger partial charge in [-0.2, -0.15) is 0 Å². The van der Waals surface area contributed by atoms with E-state index in [-0.39, 0.29) is 5.78 Å². The van der Waals surface area contributed by atoms with Crippen LogP contribution in [0.15, 0.2) is 30.9 Å². The first-order valence-electron chi connectivity index (χ1n) is 4.73. The lowest BCUT2D eigenvalue weighted by atomic mass is 10.0. The number of ketones is 1. The van der Waals surface area contributed by atoms with Crippen LogP contribution in [0.5, 0.6) is 0 Å². The van der Waals surface area contributed by atoms with Crippen LogP contribution in [0.2, 0.25) is 5.02 Å². The van der Waals surface area contributed by atoms with Crippen molar-refractivity contribution in [3.63, 3.8) is 0 Å². The highest BCUT2D eigenvalue weighted by molar-refractivity contribution is 6.31. The van der Waals surface area contributed by atoms with Gasteiger partial charge in [0.05, 0.1) is 6.04 Å². The molecule has 1 unspecified atom stereocenters. The molecule has 0 saturated carbocycles. The molecule has 0 amide bonds. The number of halogens is 1. The number of carbonyl (C=O) groups excluding carboxylic acids is 1. The molecule has 80 valence electrons.